The summed E-state index contributed by atoms with van der Waals surface area (Å²) < 4.78 is 0. The molecule has 0 aliphatic heterocycles. The van der Waals surface area contributed by atoms with E-state index in [1.54, 1.807) is 6.07 Å². The molecule has 94 valence electrons. The highest BCUT2D eigenvalue weighted by Crippen LogP contribution is 2.25. The third-order valence-corrected chi connectivity index (χ3v) is 2.92. The van der Waals surface area contributed by atoms with Gasteiger partial charge in [-0.25, -0.2) is 9.97 Å². The van der Waals surface area contributed by atoms with Crippen molar-refractivity contribution in [3.8, 4) is 0 Å². The van der Waals surface area contributed by atoms with Crippen LogP contribution in [0.25, 0.3) is 0 Å². The van der Waals surface area contributed by atoms with Crippen LogP contribution in [0.15, 0.2) is 30.3 Å². The molecule has 0 amide bonds. The van der Waals surface area contributed by atoms with Gasteiger partial charge in [0.2, 0.25) is 0 Å². The normalized spacial score (nSPS) is 10.4. The highest BCUT2D eigenvalue weighted by Gasteiger charge is 2.09. The summed E-state index contributed by atoms with van der Waals surface area (Å²) in [5.74, 6) is 2.11. The molecule has 1 aromatic carbocycles. The maximum absolute atomic E-state index is 5.81. The van der Waals surface area contributed by atoms with Gasteiger partial charge in [-0.15, -0.1) is 0 Å². The van der Waals surface area contributed by atoms with Gasteiger partial charge in [-0.3, -0.25) is 0 Å². The highest BCUT2D eigenvalue weighted by atomic mass is 15.2. The number of aromatic nitrogens is 2. The summed E-state index contributed by atoms with van der Waals surface area (Å²) in [6.45, 7) is 4.10. The van der Waals surface area contributed by atoms with Gasteiger partial charge < -0.3 is 10.6 Å². The molecule has 1 heterocycles. The van der Waals surface area contributed by atoms with Crippen molar-refractivity contribution in [3.05, 3.63) is 41.7 Å². The predicted molar refractivity (Wildman–Crippen MR) is 75.1 cm³/mol. The molecule has 0 aliphatic carbocycles. The second-order valence-corrected chi connectivity index (χ2v) is 4.27. The van der Waals surface area contributed by atoms with Gasteiger partial charge in [0, 0.05) is 25.2 Å². The summed E-state index contributed by atoms with van der Waals surface area (Å²) in [6.07, 6.45) is 0.777. The number of nitrogens with zero attached hydrogens (tertiary/aromatic N) is 3. The van der Waals surface area contributed by atoms with Gasteiger partial charge in [0.25, 0.3) is 0 Å². The molecule has 2 N–H and O–H groups in total. The van der Waals surface area contributed by atoms with Gasteiger partial charge in [0.05, 0.1) is 0 Å². The fraction of sp³-hybridized carbons (Fsp3) is 0.286. The number of hydrogen-bond donors (Lipinski definition) is 1. The Balaban J connectivity index is 2.43. The number of anilines is 3. The molecule has 1 aromatic heterocycles. The maximum Gasteiger partial charge on any atom is 0.138 e. The Morgan fingerprint density at radius 2 is 1.94 bits per heavy atom. The Hall–Kier alpha value is -2.10. The van der Waals surface area contributed by atoms with Crippen LogP contribution in [-0.2, 0) is 6.42 Å². The van der Waals surface area contributed by atoms with Gasteiger partial charge in [-0.2, -0.15) is 0 Å². The van der Waals surface area contributed by atoms with E-state index in [1.807, 2.05) is 31.0 Å². The van der Waals surface area contributed by atoms with Crippen molar-refractivity contribution in [2.24, 2.45) is 0 Å². The summed E-state index contributed by atoms with van der Waals surface area (Å²) in [5, 5.41) is 0. The van der Waals surface area contributed by atoms with Crippen LogP contribution in [0.1, 0.15) is 18.3 Å². The predicted octanol–water partition coefficient (Wildman–Crippen LogP) is 2.70. The molecular weight excluding hydrogens is 224 g/mol. The largest absolute Gasteiger partial charge is 0.384 e. The number of rotatable bonds is 3. The number of nitrogen functional groups attached to an aromatic ring is 1. The van der Waals surface area contributed by atoms with E-state index in [0.717, 1.165) is 23.8 Å². The first-order chi connectivity index (χ1) is 8.61. The summed E-state index contributed by atoms with van der Waals surface area (Å²) >= 11 is 0. The molecule has 0 fully saturated rings. The molecule has 2 rings (SSSR count). The van der Waals surface area contributed by atoms with Gasteiger partial charge in [0.1, 0.15) is 17.5 Å². The SMILES string of the molecule is CCc1nc(N)cc(N(C)c2ccccc2C)n1. The third kappa shape index (κ3) is 2.42. The van der Waals surface area contributed by atoms with Crippen molar-refractivity contribution in [3.63, 3.8) is 0 Å². The summed E-state index contributed by atoms with van der Waals surface area (Å²) in [7, 11) is 1.99. The zero-order valence-corrected chi connectivity index (χ0v) is 11.0. The fourth-order valence-corrected chi connectivity index (χ4v) is 1.90. The molecule has 0 saturated carbocycles. The van der Waals surface area contributed by atoms with Crippen molar-refractivity contribution in [2.45, 2.75) is 20.3 Å². The van der Waals surface area contributed by atoms with Crippen molar-refractivity contribution in [1.82, 2.24) is 9.97 Å². The molecular formula is C14H18N4. The quantitative estimate of drug-likeness (QED) is 0.899. The Labute approximate surface area is 107 Å². The highest BCUT2D eigenvalue weighted by molar-refractivity contribution is 5.64. The first-order valence-electron chi connectivity index (χ1n) is 6.04. The van der Waals surface area contributed by atoms with Crippen LogP contribution in [0.3, 0.4) is 0 Å². The smallest absolute Gasteiger partial charge is 0.138 e. The van der Waals surface area contributed by atoms with E-state index >= 15 is 0 Å². The maximum atomic E-state index is 5.81. The lowest BCUT2D eigenvalue weighted by molar-refractivity contribution is 0.930. The van der Waals surface area contributed by atoms with Crippen LogP contribution in [0.2, 0.25) is 0 Å². The number of aryl methyl sites for hydroxylation is 2. The van der Waals surface area contributed by atoms with E-state index in [-0.39, 0.29) is 0 Å². The van der Waals surface area contributed by atoms with E-state index in [2.05, 4.69) is 29.0 Å². The number of para-hydroxylation sites is 1. The van der Waals surface area contributed by atoms with E-state index in [9.17, 15) is 0 Å². The lowest BCUT2D eigenvalue weighted by atomic mass is 10.2. The topological polar surface area (TPSA) is 55.0 Å². The lowest BCUT2D eigenvalue weighted by Gasteiger charge is -2.21. The van der Waals surface area contributed by atoms with E-state index in [0.29, 0.717) is 5.82 Å². The summed E-state index contributed by atoms with van der Waals surface area (Å²) in [5.41, 5.74) is 8.14. The molecule has 0 bridgehead atoms. The molecule has 0 aliphatic rings. The molecule has 0 unspecified atom stereocenters. The van der Waals surface area contributed by atoms with Crippen molar-refractivity contribution >= 4 is 17.3 Å². The van der Waals surface area contributed by atoms with Crippen molar-refractivity contribution < 1.29 is 0 Å². The Morgan fingerprint density at radius 3 is 2.61 bits per heavy atom. The Kier molecular flexibility index (Phi) is 3.46. The number of hydrogen-bond acceptors (Lipinski definition) is 4. The van der Waals surface area contributed by atoms with E-state index in [4.69, 9.17) is 5.73 Å². The average molecular weight is 242 g/mol. The molecule has 0 spiro atoms. The molecule has 0 radical (unpaired) electrons. The van der Waals surface area contributed by atoms with E-state index < -0.39 is 0 Å². The van der Waals surface area contributed by atoms with E-state index in [1.165, 1.54) is 5.56 Å². The van der Waals surface area contributed by atoms with Crippen molar-refractivity contribution in [2.75, 3.05) is 17.7 Å². The minimum Gasteiger partial charge on any atom is -0.384 e. The zero-order valence-electron chi connectivity index (χ0n) is 11.0. The lowest BCUT2D eigenvalue weighted by Crippen LogP contribution is -2.14. The van der Waals surface area contributed by atoms with Crippen LogP contribution in [0, 0.1) is 6.92 Å². The molecule has 0 saturated heterocycles. The first kappa shape index (κ1) is 12.4. The van der Waals surface area contributed by atoms with Crippen molar-refractivity contribution in [1.29, 1.82) is 0 Å². The van der Waals surface area contributed by atoms with Crippen LogP contribution in [0.4, 0.5) is 17.3 Å². The number of nitrogens with two attached hydrogens (primary N) is 1. The second kappa shape index (κ2) is 5.04. The molecule has 4 nitrogen and oxygen atoms in total. The average Bonchev–Trinajstić information content (AvgIpc) is 2.37. The summed E-state index contributed by atoms with van der Waals surface area (Å²) in [4.78, 5) is 10.7. The van der Waals surface area contributed by atoms with Crippen LogP contribution in [-0.4, -0.2) is 17.0 Å². The molecule has 2 aromatic rings. The van der Waals surface area contributed by atoms with Crippen LogP contribution >= 0.6 is 0 Å². The minimum absolute atomic E-state index is 0.511. The minimum atomic E-state index is 0.511. The van der Waals surface area contributed by atoms with Gasteiger partial charge in [-0.1, -0.05) is 25.1 Å². The third-order valence-electron chi connectivity index (χ3n) is 2.92. The van der Waals surface area contributed by atoms with Crippen LogP contribution in [0.5, 0.6) is 0 Å². The first-order valence-corrected chi connectivity index (χ1v) is 6.04. The Morgan fingerprint density at radius 1 is 1.22 bits per heavy atom. The van der Waals surface area contributed by atoms with Gasteiger partial charge in [0.15, 0.2) is 0 Å². The standard InChI is InChI=1S/C14H18N4/c1-4-13-16-12(15)9-14(17-13)18(3)11-8-6-5-7-10(11)2/h5-9H,4H2,1-3H3,(H2,15,16,17). The van der Waals surface area contributed by atoms with Gasteiger partial charge in [-0.05, 0) is 18.6 Å². The van der Waals surface area contributed by atoms with Gasteiger partial charge >= 0.3 is 0 Å². The summed E-state index contributed by atoms with van der Waals surface area (Å²) in [6, 6.07) is 9.99. The number of benzene rings is 1. The second-order valence-electron chi connectivity index (χ2n) is 4.27. The Bertz CT molecular complexity index is 551. The fourth-order valence-electron chi connectivity index (χ4n) is 1.90. The van der Waals surface area contributed by atoms with Crippen LogP contribution < -0.4 is 10.6 Å². The zero-order chi connectivity index (χ0) is 13.1. The monoisotopic (exact) mass is 242 g/mol. The molecule has 18 heavy (non-hydrogen) atoms. The molecule has 0 atom stereocenters. The molecule has 4 heteroatoms.